The number of carbonyl (C=O) groups is 1. The minimum atomic E-state index is -0.253. The van der Waals surface area contributed by atoms with Gasteiger partial charge in [-0.25, -0.2) is 15.0 Å². The number of imidazole rings is 1. The van der Waals surface area contributed by atoms with Crippen molar-refractivity contribution in [3.63, 3.8) is 0 Å². The second kappa shape index (κ2) is 6.89. The fourth-order valence-corrected chi connectivity index (χ4v) is 3.32. The molecule has 3 heterocycles. The van der Waals surface area contributed by atoms with E-state index < -0.39 is 0 Å². The van der Waals surface area contributed by atoms with Gasteiger partial charge in [0, 0.05) is 23.3 Å². The summed E-state index contributed by atoms with van der Waals surface area (Å²) >= 11 is 1.45. The molecule has 0 saturated carbocycles. The lowest BCUT2D eigenvalue weighted by molar-refractivity contribution is 0.102. The summed E-state index contributed by atoms with van der Waals surface area (Å²) in [6.45, 7) is 1.91. The first-order valence-electron chi connectivity index (χ1n) is 7.99. The quantitative estimate of drug-likeness (QED) is 0.597. The number of thiazole rings is 1. The minimum absolute atomic E-state index is 0.253. The lowest BCUT2D eigenvalue weighted by Gasteiger charge is -2.06. The number of aromatic nitrogens is 4. The van der Waals surface area contributed by atoms with Crippen LogP contribution in [0, 0.1) is 6.92 Å². The van der Waals surface area contributed by atoms with Gasteiger partial charge in [0.1, 0.15) is 22.3 Å². The molecule has 4 aromatic rings. The summed E-state index contributed by atoms with van der Waals surface area (Å²) in [5.41, 5.74) is 2.01. The van der Waals surface area contributed by atoms with Gasteiger partial charge in [-0.05, 0) is 19.1 Å². The maximum absolute atomic E-state index is 12.4. The molecule has 128 valence electrons. The van der Waals surface area contributed by atoms with Gasteiger partial charge < -0.3 is 5.32 Å². The van der Waals surface area contributed by atoms with Gasteiger partial charge >= 0.3 is 0 Å². The molecule has 0 unspecified atom stereocenters. The van der Waals surface area contributed by atoms with E-state index in [0.29, 0.717) is 11.4 Å². The highest BCUT2D eigenvalue weighted by Gasteiger charge is 2.12. The van der Waals surface area contributed by atoms with Crippen LogP contribution in [-0.2, 0) is 0 Å². The zero-order valence-electron chi connectivity index (χ0n) is 14.0. The molecule has 0 saturated heterocycles. The van der Waals surface area contributed by atoms with Crippen molar-refractivity contribution in [3.05, 3.63) is 78.0 Å². The van der Waals surface area contributed by atoms with Crippen molar-refractivity contribution in [1.82, 2.24) is 19.5 Å². The molecule has 0 spiro atoms. The largest absolute Gasteiger partial charge is 0.319 e. The molecule has 0 aliphatic carbocycles. The second-order valence-electron chi connectivity index (χ2n) is 5.61. The smallest absolute Gasteiger partial charge is 0.275 e. The third kappa shape index (κ3) is 3.25. The van der Waals surface area contributed by atoms with E-state index in [1.54, 1.807) is 17.8 Å². The number of carbonyl (C=O) groups excluding carboxylic acids is 1. The summed E-state index contributed by atoms with van der Waals surface area (Å²) in [4.78, 5) is 25.4. The van der Waals surface area contributed by atoms with Crippen molar-refractivity contribution in [1.29, 1.82) is 0 Å². The molecule has 0 aliphatic heterocycles. The number of hydrogen-bond donors (Lipinski definition) is 1. The summed E-state index contributed by atoms with van der Waals surface area (Å²) in [6, 6.07) is 13.4. The molecule has 3 aromatic heterocycles. The van der Waals surface area contributed by atoms with Crippen molar-refractivity contribution >= 4 is 22.9 Å². The number of anilines is 1. The monoisotopic (exact) mass is 361 g/mol. The molecular formula is C19H15N5OS. The number of rotatable bonds is 4. The lowest BCUT2D eigenvalue weighted by atomic mass is 10.2. The van der Waals surface area contributed by atoms with Crippen LogP contribution in [0.3, 0.4) is 0 Å². The van der Waals surface area contributed by atoms with Crippen LogP contribution in [0.15, 0.2) is 66.4 Å². The van der Waals surface area contributed by atoms with Crippen molar-refractivity contribution in [3.8, 4) is 16.4 Å². The van der Waals surface area contributed by atoms with E-state index in [4.69, 9.17) is 0 Å². The van der Waals surface area contributed by atoms with E-state index in [9.17, 15) is 4.79 Å². The molecule has 1 amide bonds. The standard InChI is InChI=1S/C19H15N5OS/c1-13-20-9-10-24(13)17-8-7-15(11-21-17)22-18(25)16-12-26-19(23-16)14-5-3-2-4-6-14/h2-12H,1H3,(H,22,25). The molecular weight excluding hydrogens is 346 g/mol. The third-order valence-electron chi connectivity index (χ3n) is 3.84. The molecule has 0 aliphatic rings. The Bertz CT molecular complexity index is 1040. The van der Waals surface area contributed by atoms with Gasteiger partial charge in [0.05, 0.1) is 11.9 Å². The molecule has 0 fully saturated rings. The second-order valence-corrected chi connectivity index (χ2v) is 6.47. The van der Waals surface area contributed by atoms with Crippen LogP contribution in [0.2, 0.25) is 0 Å². The number of nitrogens with zero attached hydrogens (tertiary/aromatic N) is 4. The fourth-order valence-electron chi connectivity index (χ4n) is 2.51. The van der Waals surface area contributed by atoms with Crippen molar-refractivity contribution in [2.45, 2.75) is 6.92 Å². The van der Waals surface area contributed by atoms with E-state index in [2.05, 4.69) is 20.3 Å². The van der Waals surface area contributed by atoms with Crippen molar-refractivity contribution < 1.29 is 4.79 Å². The van der Waals surface area contributed by atoms with E-state index in [1.165, 1.54) is 11.3 Å². The van der Waals surface area contributed by atoms with Crippen LogP contribution in [-0.4, -0.2) is 25.4 Å². The van der Waals surface area contributed by atoms with Crippen LogP contribution in [0.5, 0.6) is 0 Å². The fraction of sp³-hybridized carbons (Fsp3) is 0.0526. The number of hydrogen-bond acceptors (Lipinski definition) is 5. The average Bonchev–Trinajstić information content (AvgIpc) is 3.32. The van der Waals surface area contributed by atoms with Crippen LogP contribution >= 0.6 is 11.3 Å². The molecule has 6 nitrogen and oxygen atoms in total. The zero-order valence-corrected chi connectivity index (χ0v) is 14.8. The first-order valence-corrected chi connectivity index (χ1v) is 8.87. The Kier molecular flexibility index (Phi) is 4.28. The predicted octanol–water partition coefficient (Wildman–Crippen LogP) is 3.95. The normalized spacial score (nSPS) is 10.7. The van der Waals surface area contributed by atoms with E-state index in [0.717, 1.165) is 22.2 Å². The molecule has 0 radical (unpaired) electrons. The summed E-state index contributed by atoms with van der Waals surface area (Å²) in [6.07, 6.45) is 5.19. The number of benzene rings is 1. The van der Waals surface area contributed by atoms with Crippen LogP contribution in [0.4, 0.5) is 5.69 Å². The summed E-state index contributed by atoms with van der Waals surface area (Å²) in [7, 11) is 0. The van der Waals surface area contributed by atoms with Crippen molar-refractivity contribution in [2.75, 3.05) is 5.32 Å². The highest BCUT2D eigenvalue weighted by Crippen LogP contribution is 2.23. The average molecular weight is 361 g/mol. The predicted molar refractivity (Wildman–Crippen MR) is 102 cm³/mol. The maximum Gasteiger partial charge on any atom is 0.275 e. The topological polar surface area (TPSA) is 72.7 Å². The molecule has 7 heteroatoms. The lowest BCUT2D eigenvalue weighted by Crippen LogP contribution is -2.12. The maximum atomic E-state index is 12.4. The Morgan fingerprint density at radius 2 is 1.96 bits per heavy atom. The summed E-state index contributed by atoms with van der Waals surface area (Å²) < 4.78 is 1.87. The Hall–Kier alpha value is -3.32. The minimum Gasteiger partial charge on any atom is -0.319 e. The van der Waals surface area contributed by atoms with Gasteiger partial charge in [-0.2, -0.15) is 0 Å². The number of amides is 1. The number of pyridine rings is 1. The molecule has 0 atom stereocenters. The number of aryl methyl sites for hydroxylation is 1. The summed E-state index contributed by atoms with van der Waals surface area (Å²) in [5, 5.41) is 5.41. The highest BCUT2D eigenvalue weighted by atomic mass is 32.1. The van der Waals surface area contributed by atoms with Gasteiger partial charge in [0.2, 0.25) is 0 Å². The van der Waals surface area contributed by atoms with E-state index in [1.807, 2.05) is 60.2 Å². The van der Waals surface area contributed by atoms with E-state index in [-0.39, 0.29) is 5.91 Å². The first kappa shape index (κ1) is 16.2. The number of nitrogens with one attached hydrogen (secondary N) is 1. The van der Waals surface area contributed by atoms with Crippen molar-refractivity contribution in [2.24, 2.45) is 0 Å². The third-order valence-corrected chi connectivity index (χ3v) is 4.73. The van der Waals surface area contributed by atoms with Gasteiger partial charge in [-0.3, -0.25) is 9.36 Å². The van der Waals surface area contributed by atoms with Crippen LogP contribution < -0.4 is 5.32 Å². The van der Waals surface area contributed by atoms with Gasteiger partial charge in [0.25, 0.3) is 5.91 Å². The van der Waals surface area contributed by atoms with Gasteiger partial charge in [-0.1, -0.05) is 30.3 Å². The van der Waals surface area contributed by atoms with Crippen LogP contribution in [0.25, 0.3) is 16.4 Å². The molecule has 26 heavy (non-hydrogen) atoms. The van der Waals surface area contributed by atoms with E-state index >= 15 is 0 Å². The Morgan fingerprint density at radius 1 is 1.12 bits per heavy atom. The van der Waals surface area contributed by atoms with Gasteiger partial charge in [-0.15, -0.1) is 11.3 Å². The molecule has 0 bridgehead atoms. The highest BCUT2D eigenvalue weighted by molar-refractivity contribution is 7.13. The SMILES string of the molecule is Cc1nccn1-c1ccc(NC(=O)c2csc(-c3ccccc3)n2)cn1. The Balaban J connectivity index is 1.48. The van der Waals surface area contributed by atoms with Crippen LogP contribution in [0.1, 0.15) is 16.3 Å². The molecule has 4 rings (SSSR count). The molecule has 1 aromatic carbocycles. The Morgan fingerprint density at radius 3 is 2.65 bits per heavy atom. The van der Waals surface area contributed by atoms with Gasteiger partial charge in [0.15, 0.2) is 0 Å². The Labute approximate surface area is 154 Å². The summed E-state index contributed by atoms with van der Waals surface area (Å²) in [5.74, 6) is 1.35. The first-order chi connectivity index (χ1) is 12.7. The molecule has 1 N–H and O–H groups in total. The zero-order chi connectivity index (χ0) is 17.9.